The van der Waals surface area contributed by atoms with Gasteiger partial charge < -0.3 is 10.4 Å². The number of carbonyl (C=O) groups is 2. The van der Waals surface area contributed by atoms with E-state index in [9.17, 15) is 9.59 Å². The minimum Gasteiger partial charge on any atom is -0.480 e. The van der Waals surface area contributed by atoms with Crippen molar-refractivity contribution in [3.05, 3.63) is 32.9 Å². The van der Waals surface area contributed by atoms with Crippen LogP contribution in [0.25, 0.3) is 0 Å². The summed E-state index contributed by atoms with van der Waals surface area (Å²) in [6.45, 7) is 5.38. The van der Waals surface area contributed by atoms with E-state index in [0.717, 1.165) is 9.13 Å². The first-order valence-corrected chi connectivity index (χ1v) is 6.71. The fourth-order valence-corrected chi connectivity index (χ4v) is 2.08. The van der Waals surface area contributed by atoms with Gasteiger partial charge in [-0.2, -0.15) is 0 Å². The number of carboxylic acids is 1. The molecular formula is C13H16INO3. The summed E-state index contributed by atoms with van der Waals surface area (Å²) in [4.78, 5) is 23.1. The van der Waals surface area contributed by atoms with E-state index in [1.807, 2.05) is 13.0 Å². The van der Waals surface area contributed by atoms with Gasteiger partial charge >= 0.3 is 5.97 Å². The number of aliphatic carboxylic acids is 1. The molecule has 18 heavy (non-hydrogen) atoms. The summed E-state index contributed by atoms with van der Waals surface area (Å²) < 4.78 is 0.983. The second kappa shape index (κ2) is 6.17. The first-order valence-electron chi connectivity index (χ1n) is 5.63. The average Bonchev–Trinajstić information content (AvgIpc) is 2.28. The van der Waals surface area contributed by atoms with E-state index in [2.05, 4.69) is 27.9 Å². The zero-order chi connectivity index (χ0) is 13.9. The zero-order valence-electron chi connectivity index (χ0n) is 10.5. The molecule has 1 rings (SSSR count). The van der Waals surface area contributed by atoms with Crippen LogP contribution in [0.1, 0.15) is 29.8 Å². The summed E-state index contributed by atoms with van der Waals surface area (Å²) in [6.07, 6.45) is 0. The molecule has 1 atom stereocenters. The summed E-state index contributed by atoms with van der Waals surface area (Å²) in [5.41, 5.74) is 1.39. The number of benzene rings is 1. The molecule has 1 aromatic carbocycles. The Hall–Kier alpha value is -1.11. The Balaban J connectivity index is 2.94. The molecule has 98 valence electrons. The highest BCUT2D eigenvalue weighted by atomic mass is 127. The molecule has 0 radical (unpaired) electrons. The molecule has 0 aliphatic heterocycles. The number of nitrogens with one attached hydrogen (secondary N) is 1. The highest BCUT2D eigenvalue weighted by Crippen LogP contribution is 2.16. The zero-order valence-corrected chi connectivity index (χ0v) is 12.7. The molecule has 0 spiro atoms. The molecule has 1 amide bonds. The Morgan fingerprint density at radius 2 is 1.94 bits per heavy atom. The van der Waals surface area contributed by atoms with Crippen molar-refractivity contribution in [2.75, 3.05) is 0 Å². The monoisotopic (exact) mass is 361 g/mol. The van der Waals surface area contributed by atoms with Gasteiger partial charge in [0.25, 0.3) is 5.91 Å². The summed E-state index contributed by atoms with van der Waals surface area (Å²) in [5, 5.41) is 11.6. The molecule has 0 aromatic heterocycles. The van der Waals surface area contributed by atoms with E-state index in [1.54, 1.807) is 26.0 Å². The third-order valence-electron chi connectivity index (χ3n) is 2.73. The molecule has 0 fully saturated rings. The molecule has 1 aromatic rings. The number of rotatable bonds is 4. The fourth-order valence-electron chi connectivity index (χ4n) is 1.59. The van der Waals surface area contributed by atoms with E-state index in [4.69, 9.17) is 5.11 Å². The van der Waals surface area contributed by atoms with Crippen molar-refractivity contribution >= 4 is 34.5 Å². The van der Waals surface area contributed by atoms with Crippen LogP contribution in [0.3, 0.4) is 0 Å². The number of halogens is 1. The summed E-state index contributed by atoms with van der Waals surface area (Å²) in [7, 11) is 0. The van der Waals surface area contributed by atoms with Crippen molar-refractivity contribution in [2.45, 2.75) is 26.8 Å². The van der Waals surface area contributed by atoms with Crippen molar-refractivity contribution in [3.8, 4) is 0 Å². The third kappa shape index (κ3) is 3.44. The summed E-state index contributed by atoms with van der Waals surface area (Å²) in [6, 6.07) is 4.53. The normalized spacial score (nSPS) is 12.3. The largest absolute Gasteiger partial charge is 0.480 e. The number of hydrogen-bond acceptors (Lipinski definition) is 2. The Morgan fingerprint density at radius 1 is 1.33 bits per heavy atom. The number of hydrogen-bond donors (Lipinski definition) is 2. The van der Waals surface area contributed by atoms with Crippen molar-refractivity contribution in [3.63, 3.8) is 0 Å². The van der Waals surface area contributed by atoms with Gasteiger partial charge in [0.15, 0.2) is 0 Å². The predicted molar refractivity (Wildman–Crippen MR) is 77.6 cm³/mol. The van der Waals surface area contributed by atoms with Gasteiger partial charge in [-0.25, -0.2) is 4.79 Å². The molecule has 0 bridgehead atoms. The van der Waals surface area contributed by atoms with E-state index in [1.165, 1.54) is 0 Å². The van der Waals surface area contributed by atoms with Crippen LogP contribution in [0.4, 0.5) is 0 Å². The van der Waals surface area contributed by atoms with Gasteiger partial charge in [0.2, 0.25) is 0 Å². The Bertz CT molecular complexity index is 471. The lowest BCUT2D eigenvalue weighted by atomic mass is 10.0. The molecule has 0 aliphatic rings. The van der Waals surface area contributed by atoms with Crippen molar-refractivity contribution < 1.29 is 14.7 Å². The highest BCUT2D eigenvalue weighted by Gasteiger charge is 2.24. The van der Waals surface area contributed by atoms with Crippen molar-refractivity contribution in [2.24, 2.45) is 5.92 Å². The molecule has 4 nitrogen and oxygen atoms in total. The van der Waals surface area contributed by atoms with Crippen LogP contribution in [0.5, 0.6) is 0 Å². The number of carboxylic acid groups (broad SMARTS) is 1. The molecule has 0 saturated heterocycles. The SMILES string of the molecule is Cc1c(I)cccc1C(=O)NC(C(=O)O)C(C)C. The molecular weight excluding hydrogens is 345 g/mol. The standard InChI is InChI=1S/C13H16INO3/c1-7(2)11(13(17)18)15-12(16)9-5-4-6-10(14)8(9)3/h4-7,11H,1-3H3,(H,15,16)(H,17,18). The molecule has 0 aliphatic carbocycles. The van der Waals surface area contributed by atoms with Crippen LogP contribution in [0.2, 0.25) is 0 Å². The van der Waals surface area contributed by atoms with Gasteiger partial charge in [-0.1, -0.05) is 19.9 Å². The first-order chi connectivity index (χ1) is 8.34. The molecule has 1 unspecified atom stereocenters. The first kappa shape index (κ1) is 14.9. The minimum atomic E-state index is -1.01. The van der Waals surface area contributed by atoms with Crippen LogP contribution in [-0.2, 0) is 4.79 Å². The van der Waals surface area contributed by atoms with Crippen LogP contribution in [0.15, 0.2) is 18.2 Å². The van der Waals surface area contributed by atoms with Gasteiger partial charge in [-0.05, 0) is 53.1 Å². The molecule has 2 N–H and O–H groups in total. The Morgan fingerprint density at radius 3 is 2.44 bits per heavy atom. The summed E-state index contributed by atoms with van der Waals surface area (Å²) in [5.74, 6) is -1.51. The summed E-state index contributed by atoms with van der Waals surface area (Å²) >= 11 is 2.15. The smallest absolute Gasteiger partial charge is 0.326 e. The minimum absolute atomic E-state index is 0.158. The van der Waals surface area contributed by atoms with Gasteiger partial charge in [-0.15, -0.1) is 0 Å². The van der Waals surface area contributed by atoms with E-state index >= 15 is 0 Å². The van der Waals surface area contributed by atoms with Crippen LogP contribution >= 0.6 is 22.6 Å². The molecule has 0 heterocycles. The van der Waals surface area contributed by atoms with Gasteiger partial charge in [0.05, 0.1) is 0 Å². The second-order valence-corrected chi connectivity index (χ2v) is 5.61. The molecule has 0 saturated carbocycles. The van der Waals surface area contributed by atoms with Gasteiger partial charge in [-0.3, -0.25) is 4.79 Å². The lowest BCUT2D eigenvalue weighted by Gasteiger charge is -2.18. The van der Waals surface area contributed by atoms with Crippen LogP contribution < -0.4 is 5.32 Å². The van der Waals surface area contributed by atoms with Gasteiger partial charge in [0, 0.05) is 9.13 Å². The lowest BCUT2D eigenvalue weighted by Crippen LogP contribution is -2.44. The van der Waals surface area contributed by atoms with Gasteiger partial charge in [0.1, 0.15) is 6.04 Å². The lowest BCUT2D eigenvalue weighted by molar-refractivity contribution is -0.140. The maximum atomic E-state index is 12.1. The quantitative estimate of drug-likeness (QED) is 0.810. The van der Waals surface area contributed by atoms with E-state index in [0.29, 0.717) is 5.56 Å². The van der Waals surface area contributed by atoms with Crippen LogP contribution in [-0.4, -0.2) is 23.0 Å². The second-order valence-electron chi connectivity index (χ2n) is 4.45. The van der Waals surface area contributed by atoms with Crippen LogP contribution in [0, 0.1) is 16.4 Å². The topological polar surface area (TPSA) is 66.4 Å². The van der Waals surface area contributed by atoms with Crippen molar-refractivity contribution in [1.29, 1.82) is 0 Å². The van der Waals surface area contributed by atoms with Crippen molar-refractivity contribution in [1.82, 2.24) is 5.32 Å². The van der Waals surface area contributed by atoms with E-state index < -0.39 is 12.0 Å². The Kier molecular flexibility index (Phi) is 5.13. The highest BCUT2D eigenvalue weighted by molar-refractivity contribution is 14.1. The maximum absolute atomic E-state index is 12.1. The fraction of sp³-hybridized carbons (Fsp3) is 0.385. The van der Waals surface area contributed by atoms with E-state index in [-0.39, 0.29) is 11.8 Å². The number of carbonyl (C=O) groups excluding carboxylic acids is 1. The predicted octanol–water partition coefficient (Wildman–Crippen LogP) is 2.44. The molecule has 5 heteroatoms. The average molecular weight is 361 g/mol. The Labute approximate surface area is 120 Å². The number of amides is 1. The third-order valence-corrected chi connectivity index (χ3v) is 3.90. The maximum Gasteiger partial charge on any atom is 0.326 e.